The fraction of sp³-hybridized carbons (Fsp3) is 0.0417. The van der Waals surface area contributed by atoms with E-state index in [1.165, 1.54) is 17.4 Å². The number of rotatable bonds is 5. The lowest BCUT2D eigenvalue weighted by Crippen LogP contribution is -2.33. The molecule has 0 unspecified atom stereocenters. The zero-order valence-corrected chi connectivity index (χ0v) is 20.4. The second-order valence-electron chi connectivity index (χ2n) is 6.85. The molecule has 1 amide bonds. The van der Waals surface area contributed by atoms with E-state index < -0.39 is 0 Å². The van der Waals surface area contributed by atoms with Crippen LogP contribution in [0.2, 0.25) is 10.0 Å². The minimum atomic E-state index is -0.380. The Morgan fingerprint density at radius 2 is 1.88 bits per heavy atom. The summed E-state index contributed by atoms with van der Waals surface area (Å²) in [7, 11) is 1.60. The second-order valence-corrected chi connectivity index (χ2v) is 9.13. The Kier molecular flexibility index (Phi) is 7.25. The van der Waals surface area contributed by atoms with Crippen LogP contribution >= 0.6 is 46.8 Å². The molecule has 0 aliphatic heterocycles. The van der Waals surface area contributed by atoms with E-state index in [0.717, 1.165) is 26.5 Å². The Labute approximate surface area is 210 Å². The molecular weight excluding hydrogens is 497 g/mol. The number of carbonyl (C=O) groups excluding carboxylic acids is 1. The number of halogens is 2. The highest BCUT2D eigenvalue weighted by molar-refractivity contribution is 7.80. The SMILES string of the molecule is COc1ccc(/C=C/C(=O)NC(=S)Nc2c(Cl)cc(Cl)cc2-c2nc3ccccc3s2)cc1. The van der Waals surface area contributed by atoms with Crippen LogP contribution in [-0.4, -0.2) is 23.1 Å². The number of anilines is 1. The first-order chi connectivity index (χ1) is 15.9. The molecule has 166 valence electrons. The van der Waals surface area contributed by atoms with E-state index in [9.17, 15) is 4.79 Å². The highest BCUT2D eigenvalue weighted by atomic mass is 35.5. The molecule has 3 aromatic carbocycles. The van der Waals surface area contributed by atoms with Crippen LogP contribution in [0.5, 0.6) is 5.75 Å². The number of hydrogen-bond donors (Lipinski definition) is 2. The molecule has 9 heteroatoms. The molecule has 4 rings (SSSR count). The lowest BCUT2D eigenvalue weighted by Gasteiger charge is -2.14. The number of amides is 1. The molecule has 0 aliphatic carbocycles. The van der Waals surface area contributed by atoms with Crippen LogP contribution in [0.25, 0.3) is 26.9 Å². The summed E-state index contributed by atoms with van der Waals surface area (Å²) in [6.45, 7) is 0. The van der Waals surface area contributed by atoms with Crippen LogP contribution in [-0.2, 0) is 4.79 Å². The highest BCUT2D eigenvalue weighted by Crippen LogP contribution is 2.40. The zero-order valence-electron chi connectivity index (χ0n) is 17.3. The minimum absolute atomic E-state index is 0.103. The number of fused-ring (bicyclic) bond motifs is 1. The predicted octanol–water partition coefficient (Wildman–Crippen LogP) is 6.81. The number of methoxy groups -OCH3 is 1. The molecule has 0 saturated carbocycles. The summed E-state index contributed by atoms with van der Waals surface area (Å²) in [5.74, 6) is 0.362. The standard InChI is InChI=1S/C24H17Cl2N3O2S2/c1-31-16-9-6-14(7-10-16)8-11-21(30)28-24(32)29-22-17(12-15(25)13-18(22)26)23-27-19-4-2-3-5-20(19)33-23/h2-13H,1H3,(H2,28,29,30,32)/b11-8+. The molecule has 0 radical (unpaired) electrons. The number of benzene rings is 3. The maximum Gasteiger partial charge on any atom is 0.250 e. The molecule has 4 aromatic rings. The smallest absolute Gasteiger partial charge is 0.250 e. The van der Waals surface area contributed by atoms with Gasteiger partial charge in [-0.15, -0.1) is 11.3 Å². The summed E-state index contributed by atoms with van der Waals surface area (Å²) in [4.78, 5) is 17.0. The van der Waals surface area contributed by atoms with E-state index in [2.05, 4.69) is 15.6 Å². The number of para-hydroxylation sites is 1. The molecule has 1 heterocycles. The van der Waals surface area contributed by atoms with Gasteiger partial charge in [0.2, 0.25) is 5.91 Å². The summed E-state index contributed by atoms with van der Waals surface area (Å²) < 4.78 is 6.16. The van der Waals surface area contributed by atoms with Gasteiger partial charge in [-0.3, -0.25) is 10.1 Å². The van der Waals surface area contributed by atoms with Crippen LogP contribution < -0.4 is 15.4 Å². The van der Waals surface area contributed by atoms with E-state index in [1.807, 2.05) is 48.5 Å². The molecule has 0 saturated heterocycles. The molecule has 0 aliphatic rings. The van der Waals surface area contributed by atoms with Gasteiger partial charge in [-0.2, -0.15) is 0 Å². The van der Waals surface area contributed by atoms with Gasteiger partial charge in [-0.25, -0.2) is 4.98 Å². The Morgan fingerprint density at radius 3 is 2.61 bits per heavy atom. The molecule has 0 bridgehead atoms. The summed E-state index contributed by atoms with van der Waals surface area (Å²) >= 11 is 19.6. The van der Waals surface area contributed by atoms with Gasteiger partial charge in [0.25, 0.3) is 0 Å². The number of thiazole rings is 1. The van der Waals surface area contributed by atoms with Gasteiger partial charge in [-0.05, 0) is 60.3 Å². The Bertz CT molecular complexity index is 1340. The molecule has 2 N–H and O–H groups in total. The van der Waals surface area contributed by atoms with Crippen molar-refractivity contribution in [3.63, 3.8) is 0 Å². The van der Waals surface area contributed by atoms with Gasteiger partial charge in [-0.1, -0.05) is 47.5 Å². The Morgan fingerprint density at radius 1 is 1.12 bits per heavy atom. The van der Waals surface area contributed by atoms with Gasteiger partial charge in [0, 0.05) is 16.7 Å². The summed E-state index contributed by atoms with van der Waals surface area (Å²) in [5, 5.41) is 7.32. The first-order valence-corrected chi connectivity index (χ1v) is 11.7. The quantitative estimate of drug-likeness (QED) is 0.226. The van der Waals surface area contributed by atoms with Crippen LogP contribution in [0.15, 0.2) is 66.7 Å². The Balaban J connectivity index is 1.51. The second kappa shape index (κ2) is 10.3. The lowest BCUT2D eigenvalue weighted by atomic mass is 10.2. The van der Waals surface area contributed by atoms with Gasteiger partial charge in [0.05, 0.1) is 28.0 Å². The van der Waals surface area contributed by atoms with Gasteiger partial charge < -0.3 is 10.1 Å². The van der Waals surface area contributed by atoms with Gasteiger partial charge >= 0.3 is 0 Å². The van der Waals surface area contributed by atoms with E-state index >= 15 is 0 Å². The van der Waals surface area contributed by atoms with Crippen molar-refractivity contribution in [1.82, 2.24) is 10.3 Å². The monoisotopic (exact) mass is 513 g/mol. The number of carbonyl (C=O) groups is 1. The minimum Gasteiger partial charge on any atom is -0.497 e. The van der Waals surface area contributed by atoms with Crippen molar-refractivity contribution in [1.29, 1.82) is 0 Å². The molecule has 0 fully saturated rings. The maximum absolute atomic E-state index is 12.3. The van der Waals surface area contributed by atoms with Crippen molar-refractivity contribution in [2.45, 2.75) is 0 Å². The molecule has 1 aromatic heterocycles. The maximum atomic E-state index is 12.3. The van der Waals surface area contributed by atoms with Crippen LogP contribution in [0.3, 0.4) is 0 Å². The van der Waals surface area contributed by atoms with Crippen molar-refractivity contribution in [2.24, 2.45) is 0 Å². The molecular formula is C24H17Cl2N3O2S2. The average molecular weight is 514 g/mol. The third kappa shape index (κ3) is 5.69. The fourth-order valence-electron chi connectivity index (χ4n) is 3.04. The Hall–Kier alpha value is -2.97. The van der Waals surface area contributed by atoms with Crippen molar-refractivity contribution < 1.29 is 9.53 Å². The highest BCUT2D eigenvalue weighted by Gasteiger charge is 2.16. The zero-order chi connectivity index (χ0) is 23.4. The third-order valence-electron chi connectivity index (χ3n) is 4.60. The number of nitrogens with one attached hydrogen (secondary N) is 2. The number of hydrogen-bond acceptors (Lipinski definition) is 5. The van der Waals surface area contributed by atoms with Crippen molar-refractivity contribution in [3.8, 4) is 16.3 Å². The first-order valence-electron chi connectivity index (χ1n) is 9.72. The van der Waals surface area contributed by atoms with Crippen LogP contribution in [0.1, 0.15) is 5.56 Å². The average Bonchev–Trinajstić information content (AvgIpc) is 3.24. The van der Waals surface area contributed by atoms with E-state index in [4.69, 9.17) is 40.2 Å². The van der Waals surface area contributed by atoms with Crippen molar-refractivity contribution >= 4 is 79.8 Å². The van der Waals surface area contributed by atoms with E-state index in [0.29, 0.717) is 21.3 Å². The predicted molar refractivity (Wildman–Crippen MR) is 141 cm³/mol. The largest absolute Gasteiger partial charge is 0.497 e. The van der Waals surface area contributed by atoms with Crippen molar-refractivity contribution in [2.75, 3.05) is 12.4 Å². The normalized spacial score (nSPS) is 11.0. The number of nitrogens with zero attached hydrogens (tertiary/aromatic N) is 1. The van der Waals surface area contributed by atoms with Crippen molar-refractivity contribution in [3.05, 3.63) is 82.3 Å². The topological polar surface area (TPSA) is 63.2 Å². The molecule has 33 heavy (non-hydrogen) atoms. The molecule has 0 spiro atoms. The van der Waals surface area contributed by atoms with Crippen LogP contribution in [0, 0.1) is 0 Å². The third-order valence-corrected chi connectivity index (χ3v) is 6.39. The summed E-state index contributed by atoms with van der Waals surface area (Å²) in [5.41, 5.74) is 2.94. The number of aromatic nitrogens is 1. The van der Waals surface area contributed by atoms with Gasteiger partial charge in [0.1, 0.15) is 10.8 Å². The fourth-order valence-corrected chi connectivity index (χ4v) is 4.77. The van der Waals surface area contributed by atoms with E-state index in [1.54, 1.807) is 25.3 Å². The summed E-state index contributed by atoms with van der Waals surface area (Å²) in [6, 6.07) is 18.5. The molecule has 0 atom stereocenters. The van der Waals surface area contributed by atoms with E-state index in [-0.39, 0.29) is 11.0 Å². The first kappa shape index (κ1) is 23.2. The summed E-state index contributed by atoms with van der Waals surface area (Å²) in [6.07, 6.45) is 3.08. The lowest BCUT2D eigenvalue weighted by molar-refractivity contribution is -0.115. The van der Waals surface area contributed by atoms with Crippen LogP contribution in [0.4, 0.5) is 5.69 Å². The number of thiocarbonyl (C=S) groups is 1. The number of ether oxygens (including phenoxy) is 1. The molecule has 5 nitrogen and oxygen atoms in total. The van der Waals surface area contributed by atoms with Gasteiger partial charge in [0.15, 0.2) is 5.11 Å².